The number of carboxylic acids is 1. The van der Waals surface area contributed by atoms with Crippen molar-refractivity contribution in [2.45, 2.75) is 44.7 Å². The average molecular weight is 577 g/mol. The molecule has 3 aromatic rings. The van der Waals surface area contributed by atoms with Crippen LogP contribution in [0.5, 0.6) is 0 Å². The number of amides is 1. The number of pyridine rings is 1. The number of aromatic nitrogens is 1. The third-order valence-electron chi connectivity index (χ3n) is 6.68. The maximum absolute atomic E-state index is 14.6. The Labute approximate surface area is 223 Å². The smallest absolute Gasteiger partial charge is 0.303 e. The summed E-state index contributed by atoms with van der Waals surface area (Å²) in [5.41, 5.74) is 1.28. The first-order valence-corrected chi connectivity index (χ1v) is 13.0. The number of alkyl halides is 1. The molecule has 36 heavy (non-hydrogen) atoms. The van der Waals surface area contributed by atoms with Crippen LogP contribution in [0.4, 0.5) is 10.2 Å². The zero-order valence-electron chi connectivity index (χ0n) is 20.2. The van der Waals surface area contributed by atoms with Crippen LogP contribution in [0, 0.1) is 6.92 Å². The Kier molecular flexibility index (Phi) is 7.85. The predicted molar refractivity (Wildman–Crippen MR) is 144 cm³/mol. The van der Waals surface area contributed by atoms with Gasteiger partial charge in [-0.15, -0.1) is 0 Å². The zero-order valence-corrected chi connectivity index (χ0v) is 22.5. The van der Waals surface area contributed by atoms with Crippen molar-refractivity contribution >= 4 is 56.1 Å². The van der Waals surface area contributed by atoms with Crippen molar-refractivity contribution in [3.63, 3.8) is 0 Å². The molecule has 1 aliphatic heterocycles. The molecule has 0 bridgehead atoms. The van der Waals surface area contributed by atoms with Gasteiger partial charge in [-0.2, -0.15) is 0 Å². The lowest BCUT2D eigenvalue weighted by Gasteiger charge is -2.24. The number of aliphatic carboxylic acids is 1. The number of fused-ring (bicyclic) bond motifs is 1. The minimum absolute atomic E-state index is 0.0446. The van der Waals surface area contributed by atoms with Crippen molar-refractivity contribution in [2.75, 3.05) is 24.5 Å². The molecule has 1 aliphatic rings. The van der Waals surface area contributed by atoms with Crippen LogP contribution in [-0.4, -0.2) is 47.3 Å². The summed E-state index contributed by atoms with van der Waals surface area (Å²) in [7, 11) is 0. The van der Waals surface area contributed by atoms with Crippen molar-refractivity contribution in [1.82, 2.24) is 10.3 Å². The van der Waals surface area contributed by atoms with E-state index >= 15 is 0 Å². The molecule has 2 N–H and O–H groups in total. The third-order valence-corrected chi connectivity index (χ3v) is 7.51. The number of carbonyl (C=O) groups excluding carboxylic acids is 1. The second-order valence-corrected chi connectivity index (χ2v) is 10.9. The number of rotatable bonds is 8. The first kappa shape index (κ1) is 26.4. The van der Waals surface area contributed by atoms with Gasteiger partial charge in [-0.25, -0.2) is 9.37 Å². The van der Waals surface area contributed by atoms with E-state index < -0.39 is 11.6 Å². The van der Waals surface area contributed by atoms with Gasteiger partial charge >= 0.3 is 5.97 Å². The summed E-state index contributed by atoms with van der Waals surface area (Å²) in [5, 5.41) is 13.4. The molecule has 0 radical (unpaired) electrons. The molecule has 1 amide bonds. The maximum Gasteiger partial charge on any atom is 0.303 e. The fourth-order valence-corrected chi connectivity index (χ4v) is 5.45. The highest BCUT2D eigenvalue weighted by molar-refractivity contribution is 9.10. The quantitative estimate of drug-likeness (QED) is 0.330. The number of hydrogen-bond acceptors (Lipinski definition) is 4. The number of hydrogen-bond donors (Lipinski definition) is 2. The normalized spacial score (nSPS) is 18.4. The van der Waals surface area contributed by atoms with Crippen LogP contribution in [-0.2, 0) is 4.79 Å². The monoisotopic (exact) mass is 575 g/mol. The van der Waals surface area contributed by atoms with Crippen molar-refractivity contribution in [1.29, 1.82) is 0 Å². The Hall–Kier alpha value is -2.71. The Morgan fingerprint density at radius 1 is 1.31 bits per heavy atom. The summed E-state index contributed by atoms with van der Waals surface area (Å²) in [5.74, 6) is -0.878. The second-order valence-electron chi connectivity index (χ2n) is 9.54. The lowest BCUT2D eigenvalue weighted by molar-refractivity contribution is -0.137. The maximum atomic E-state index is 14.6. The molecule has 0 aliphatic carbocycles. The predicted octanol–water partition coefficient (Wildman–Crippen LogP) is 6.28. The molecule has 0 saturated carbocycles. The van der Waals surface area contributed by atoms with E-state index in [0.717, 1.165) is 10.0 Å². The number of nitrogens with zero attached hydrogens (tertiary/aromatic N) is 2. The van der Waals surface area contributed by atoms with Gasteiger partial charge in [-0.3, -0.25) is 9.59 Å². The Morgan fingerprint density at radius 3 is 2.72 bits per heavy atom. The lowest BCUT2D eigenvalue weighted by Crippen LogP contribution is -2.31. The van der Waals surface area contributed by atoms with Gasteiger partial charge in [0.15, 0.2) is 0 Å². The van der Waals surface area contributed by atoms with E-state index in [0.29, 0.717) is 52.3 Å². The van der Waals surface area contributed by atoms with Crippen LogP contribution >= 0.6 is 27.5 Å². The van der Waals surface area contributed by atoms with E-state index in [1.165, 1.54) is 0 Å². The molecule has 9 heteroatoms. The molecule has 2 heterocycles. The molecule has 1 saturated heterocycles. The molecule has 2 atom stereocenters. The molecule has 0 spiro atoms. The summed E-state index contributed by atoms with van der Waals surface area (Å²) in [6, 6.07) is 12.8. The molecule has 6 nitrogen and oxygen atoms in total. The van der Waals surface area contributed by atoms with Crippen LogP contribution in [0.1, 0.15) is 53.6 Å². The highest BCUT2D eigenvalue weighted by Gasteiger charge is 2.35. The van der Waals surface area contributed by atoms with Crippen LogP contribution in [0.25, 0.3) is 10.9 Å². The average Bonchev–Trinajstić information content (AvgIpc) is 3.18. The Balaban J connectivity index is 1.68. The number of halogens is 3. The van der Waals surface area contributed by atoms with E-state index in [1.807, 2.05) is 48.2 Å². The van der Waals surface area contributed by atoms with Gasteiger partial charge in [0.2, 0.25) is 0 Å². The fraction of sp³-hybridized carbons (Fsp3) is 0.370. The fourth-order valence-electron chi connectivity index (χ4n) is 4.80. The van der Waals surface area contributed by atoms with E-state index in [4.69, 9.17) is 16.6 Å². The summed E-state index contributed by atoms with van der Waals surface area (Å²) in [4.78, 5) is 31.6. The molecule has 4 rings (SSSR count). The van der Waals surface area contributed by atoms with Crippen molar-refractivity contribution in [3.05, 3.63) is 68.7 Å². The van der Waals surface area contributed by atoms with Crippen molar-refractivity contribution < 1.29 is 19.1 Å². The van der Waals surface area contributed by atoms with Gasteiger partial charge in [0, 0.05) is 52.3 Å². The summed E-state index contributed by atoms with van der Waals surface area (Å²) < 4.78 is 15.4. The molecule has 2 aromatic carbocycles. The highest BCUT2D eigenvalue weighted by atomic mass is 79.9. The van der Waals surface area contributed by atoms with Gasteiger partial charge in [0.1, 0.15) is 11.5 Å². The standard InChI is InChI=1S/C27H28BrClFN3O3/c1-16-24(26(36)31-14-17(7-10-23(34)35)19-5-3-4-6-21(19)29)20-13-18(28)8-9-22(20)32-25(16)33-12-11-27(2,30)15-33/h3-6,8-9,13,17H,7,10-12,14-15H2,1-2H3,(H,31,36)(H,34,35). The molecular formula is C27H28BrClFN3O3. The van der Waals surface area contributed by atoms with Crippen LogP contribution in [0.2, 0.25) is 5.02 Å². The van der Waals surface area contributed by atoms with E-state index in [1.54, 1.807) is 13.0 Å². The summed E-state index contributed by atoms with van der Waals surface area (Å²) in [6.45, 7) is 4.37. The number of carbonyl (C=O) groups is 2. The first-order chi connectivity index (χ1) is 17.1. The van der Waals surface area contributed by atoms with E-state index in [2.05, 4.69) is 21.2 Å². The van der Waals surface area contributed by atoms with Crippen molar-refractivity contribution in [3.8, 4) is 0 Å². The van der Waals surface area contributed by atoms with E-state index in [9.17, 15) is 19.1 Å². The topological polar surface area (TPSA) is 82.5 Å². The number of nitrogens with one attached hydrogen (secondary N) is 1. The molecule has 1 fully saturated rings. The minimum Gasteiger partial charge on any atom is -0.481 e. The van der Waals surface area contributed by atoms with Crippen molar-refractivity contribution in [2.24, 2.45) is 0 Å². The molecular weight excluding hydrogens is 549 g/mol. The van der Waals surface area contributed by atoms with Gasteiger partial charge in [-0.05, 0) is 50.1 Å². The molecule has 190 valence electrons. The van der Waals surface area contributed by atoms with Gasteiger partial charge < -0.3 is 15.3 Å². The highest BCUT2D eigenvalue weighted by Crippen LogP contribution is 2.35. The second kappa shape index (κ2) is 10.7. The third kappa shape index (κ3) is 5.81. The van der Waals surface area contributed by atoms with Crippen LogP contribution in [0.3, 0.4) is 0 Å². The number of anilines is 1. The number of carboxylic acid groups (broad SMARTS) is 1. The first-order valence-electron chi connectivity index (χ1n) is 11.8. The Bertz CT molecular complexity index is 1320. The molecule has 1 aromatic heterocycles. The Morgan fingerprint density at radius 2 is 2.06 bits per heavy atom. The zero-order chi connectivity index (χ0) is 26.0. The van der Waals surface area contributed by atoms with Gasteiger partial charge in [0.25, 0.3) is 5.91 Å². The largest absolute Gasteiger partial charge is 0.481 e. The summed E-state index contributed by atoms with van der Waals surface area (Å²) in [6.07, 6.45) is 0.684. The SMILES string of the molecule is Cc1c(N2CCC(C)(F)C2)nc2ccc(Br)cc2c1C(=O)NCC(CCC(=O)O)c1ccccc1Cl. The van der Waals surface area contributed by atoms with E-state index in [-0.39, 0.29) is 31.3 Å². The van der Waals surface area contributed by atoms with Gasteiger partial charge in [0.05, 0.1) is 17.6 Å². The minimum atomic E-state index is -1.31. The lowest BCUT2D eigenvalue weighted by atomic mass is 9.93. The molecule has 2 unspecified atom stereocenters. The summed E-state index contributed by atoms with van der Waals surface area (Å²) >= 11 is 9.88. The number of benzene rings is 2. The van der Waals surface area contributed by atoms with Crippen LogP contribution < -0.4 is 10.2 Å². The van der Waals surface area contributed by atoms with Crippen LogP contribution in [0.15, 0.2) is 46.9 Å². The van der Waals surface area contributed by atoms with Gasteiger partial charge in [-0.1, -0.05) is 45.7 Å².